The van der Waals surface area contributed by atoms with Gasteiger partial charge in [0.25, 0.3) is 5.69 Å². The van der Waals surface area contributed by atoms with Crippen LogP contribution in [0.15, 0.2) is 91.3 Å². The minimum absolute atomic E-state index is 0.945. The van der Waals surface area contributed by atoms with Crippen molar-refractivity contribution >= 4 is 0 Å². The second-order valence-electron chi connectivity index (χ2n) is 5.31. The minimum atomic E-state index is 0.945. The summed E-state index contributed by atoms with van der Waals surface area (Å²) in [6.07, 6.45) is 4.09. The number of rotatable bonds is 3. The fourth-order valence-electron chi connectivity index (χ4n) is 2.74. The first-order chi connectivity index (χ1) is 11.4. The van der Waals surface area contributed by atoms with Crippen molar-refractivity contribution in [1.82, 2.24) is 10.2 Å². The van der Waals surface area contributed by atoms with E-state index >= 15 is 0 Å². The Morgan fingerprint density at radius 3 is 1.87 bits per heavy atom. The lowest BCUT2D eigenvalue weighted by molar-refractivity contribution is -0.594. The highest BCUT2D eigenvalue weighted by Crippen LogP contribution is 2.29. The zero-order valence-corrected chi connectivity index (χ0v) is 12.6. The van der Waals surface area contributed by atoms with Crippen molar-refractivity contribution in [3.05, 3.63) is 91.3 Å². The fraction of sp³-hybridized carbons (Fsp3) is 0. The molecule has 0 saturated heterocycles. The normalized spacial score (nSPS) is 10.6. The molecule has 1 N–H and O–H groups in total. The predicted octanol–water partition coefficient (Wildman–Crippen LogP) is 4.02. The van der Waals surface area contributed by atoms with Crippen molar-refractivity contribution in [3.63, 3.8) is 0 Å². The van der Waals surface area contributed by atoms with Crippen molar-refractivity contribution in [2.75, 3.05) is 0 Å². The zero-order chi connectivity index (χ0) is 15.5. The summed E-state index contributed by atoms with van der Waals surface area (Å²) in [4.78, 5) is 0. The number of H-pyrrole nitrogens is 1. The van der Waals surface area contributed by atoms with E-state index < -0.39 is 0 Å². The molecule has 0 unspecified atom stereocenters. The number of hydrogen-bond acceptors (Lipinski definition) is 1. The molecule has 0 saturated carbocycles. The van der Waals surface area contributed by atoms with Gasteiger partial charge in [0.2, 0.25) is 0 Å². The van der Waals surface area contributed by atoms with Crippen molar-refractivity contribution in [3.8, 4) is 28.2 Å². The first-order valence-corrected chi connectivity index (χ1v) is 7.59. The van der Waals surface area contributed by atoms with Crippen molar-refractivity contribution in [2.45, 2.75) is 0 Å². The largest absolute Gasteiger partial charge is 0.270 e. The monoisotopic (exact) mass is 298 g/mol. The molecule has 2 aromatic heterocycles. The molecule has 4 aromatic rings. The van der Waals surface area contributed by atoms with E-state index in [2.05, 4.69) is 39.0 Å². The Balaban J connectivity index is 1.97. The Morgan fingerprint density at radius 2 is 1.22 bits per heavy atom. The molecule has 0 atom stereocenters. The average Bonchev–Trinajstić information content (AvgIpc) is 3.09. The van der Waals surface area contributed by atoms with Gasteiger partial charge >= 0.3 is 0 Å². The average molecular weight is 298 g/mol. The summed E-state index contributed by atoms with van der Waals surface area (Å²) in [6.45, 7) is 0. The molecule has 3 heteroatoms. The smallest absolute Gasteiger partial charge is 0.264 e. The number of benzene rings is 2. The molecule has 0 fully saturated rings. The highest BCUT2D eigenvalue weighted by Gasteiger charge is 2.24. The molecule has 0 aliphatic heterocycles. The molecule has 23 heavy (non-hydrogen) atoms. The molecule has 3 nitrogen and oxygen atoms in total. The van der Waals surface area contributed by atoms with Gasteiger partial charge in [-0.1, -0.05) is 66.7 Å². The summed E-state index contributed by atoms with van der Waals surface area (Å²) in [5.74, 6) is 0. The second-order valence-corrected chi connectivity index (χ2v) is 5.31. The van der Waals surface area contributed by atoms with E-state index in [0.29, 0.717) is 0 Å². The maximum Gasteiger partial charge on any atom is 0.264 e. The summed E-state index contributed by atoms with van der Waals surface area (Å²) in [5, 5.41) is 7.81. The molecule has 0 aliphatic rings. The third-order valence-electron chi connectivity index (χ3n) is 3.82. The summed E-state index contributed by atoms with van der Waals surface area (Å²) < 4.78 is 2.11. The molecule has 2 heterocycles. The third kappa shape index (κ3) is 2.53. The van der Waals surface area contributed by atoms with E-state index in [1.165, 1.54) is 0 Å². The van der Waals surface area contributed by atoms with E-state index in [9.17, 15) is 0 Å². The number of aromatic nitrogens is 3. The minimum Gasteiger partial charge on any atom is -0.270 e. The van der Waals surface area contributed by atoms with Crippen molar-refractivity contribution in [2.24, 2.45) is 0 Å². The van der Waals surface area contributed by atoms with Gasteiger partial charge in [-0.05, 0) is 0 Å². The SMILES string of the molecule is c1ccc(-c2n[nH]c(-c3ccccc3)c2-[n+]2ccccc2)cc1. The van der Waals surface area contributed by atoms with E-state index in [1.807, 2.05) is 67.0 Å². The molecule has 0 radical (unpaired) electrons. The number of pyridine rings is 1. The highest BCUT2D eigenvalue weighted by molar-refractivity contribution is 5.78. The van der Waals surface area contributed by atoms with Crippen LogP contribution in [0.25, 0.3) is 28.2 Å². The van der Waals surface area contributed by atoms with Gasteiger partial charge in [-0.2, -0.15) is 9.67 Å². The van der Waals surface area contributed by atoms with E-state index in [-0.39, 0.29) is 0 Å². The first kappa shape index (κ1) is 13.5. The number of nitrogens with one attached hydrogen (secondary N) is 1. The molecular weight excluding hydrogens is 282 g/mol. The lowest BCUT2D eigenvalue weighted by atomic mass is 10.1. The van der Waals surface area contributed by atoms with Crippen LogP contribution in [0.1, 0.15) is 0 Å². The molecule has 2 aromatic carbocycles. The lowest BCUT2D eigenvalue weighted by Gasteiger charge is -2.01. The second kappa shape index (κ2) is 5.89. The van der Waals surface area contributed by atoms with Gasteiger partial charge in [-0.25, -0.2) is 0 Å². The van der Waals surface area contributed by atoms with E-state index in [4.69, 9.17) is 0 Å². The van der Waals surface area contributed by atoms with Crippen LogP contribution in [0.2, 0.25) is 0 Å². The van der Waals surface area contributed by atoms with Crippen molar-refractivity contribution < 1.29 is 4.57 Å². The standard InChI is InChI=1S/C20H16N3/c1-4-10-16(11-5-1)18-20(23-14-8-3-9-15-23)19(22-21-18)17-12-6-2-7-13-17/h1-15H,(H,21,22)/q+1. The molecule has 0 bridgehead atoms. The van der Waals surface area contributed by atoms with Crippen LogP contribution in [0.4, 0.5) is 0 Å². The predicted molar refractivity (Wildman–Crippen MR) is 91.0 cm³/mol. The van der Waals surface area contributed by atoms with Gasteiger partial charge in [-0.3, -0.25) is 5.10 Å². The van der Waals surface area contributed by atoms with Gasteiger partial charge in [0.1, 0.15) is 5.69 Å². The van der Waals surface area contributed by atoms with Gasteiger partial charge in [-0.15, -0.1) is 0 Å². The molecule has 0 amide bonds. The van der Waals surface area contributed by atoms with Gasteiger partial charge in [0.05, 0.1) is 0 Å². The van der Waals surface area contributed by atoms with Crippen LogP contribution in [0, 0.1) is 0 Å². The summed E-state index contributed by atoms with van der Waals surface area (Å²) in [6, 6.07) is 26.6. The number of hydrogen-bond donors (Lipinski definition) is 1. The van der Waals surface area contributed by atoms with Crippen LogP contribution in [-0.4, -0.2) is 10.2 Å². The van der Waals surface area contributed by atoms with Crippen LogP contribution in [-0.2, 0) is 0 Å². The third-order valence-corrected chi connectivity index (χ3v) is 3.82. The maximum atomic E-state index is 4.59. The number of aromatic amines is 1. The van der Waals surface area contributed by atoms with Crippen LogP contribution < -0.4 is 4.57 Å². The molecular formula is C20H16N3+. The van der Waals surface area contributed by atoms with Gasteiger partial charge in [0.15, 0.2) is 18.1 Å². The maximum absolute atomic E-state index is 4.59. The van der Waals surface area contributed by atoms with Crippen LogP contribution in [0.5, 0.6) is 0 Å². The molecule has 110 valence electrons. The molecule has 0 spiro atoms. The fourth-order valence-corrected chi connectivity index (χ4v) is 2.74. The van der Waals surface area contributed by atoms with Crippen LogP contribution >= 0.6 is 0 Å². The highest BCUT2D eigenvalue weighted by atomic mass is 15.2. The topological polar surface area (TPSA) is 32.6 Å². The summed E-state index contributed by atoms with van der Waals surface area (Å²) >= 11 is 0. The Bertz CT molecular complexity index is 841. The van der Waals surface area contributed by atoms with Crippen molar-refractivity contribution in [1.29, 1.82) is 0 Å². The number of nitrogens with zero attached hydrogens (tertiary/aromatic N) is 2. The summed E-state index contributed by atoms with van der Waals surface area (Å²) in [7, 11) is 0. The Hall–Kier alpha value is -3.20. The van der Waals surface area contributed by atoms with Gasteiger partial charge < -0.3 is 0 Å². The Labute approximate surface area is 134 Å². The molecule has 0 aliphatic carbocycles. The summed E-state index contributed by atoms with van der Waals surface area (Å²) in [5.41, 5.74) is 5.23. The van der Waals surface area contributed by atoms with E-state index in [0.717, 1.165) is 28.2 Å². The first-order valence-electron chi connectivity index (χ1n) is 7.59. The Kier molecular flexibility index (Phi) is 3.45. The molecule has 4 rings (SSSR count). The van der Waals surface area contributed by atoms with Crippen LogP contribution in [0.3, 0.4) is 0 Å². The lowest BCUT2D eigenvalue weighted by Crippen LogP contribution is -2.30. The zero-order valence-electron chi connectivity index (χ0n) is 12.6. The quantitative estimate of drug-likeness (QED) is 0.569. The van der Waals surface area contributed by atoms with E-state index in [1.54, 1.807) is 0 Å². The Morgan fingerprint density at radius 1 is 0.652 bits per heavy atom. The van der Waals surface area contributed by atoms with Gasteiger partial charge in [0, 0.05) is 23.3 Å².